The van der Waals surface area contributed by atoms with Crippen LogP contribution in [0.25, 0.3) is 0 Å². The molecule has 0 saturated carbocycles. The summed E-state index contributed by atoms with van der Waals surface area (Å²) in [6.45, 7) is 9.74. The molecule has 0 aromatic heterocycles. The van der Waals surface area contributed by atoms with E-state index < -0.39 is 0 Å². The fraction of sp³-hybridized carbons (Fsp3) is 0.667. The maximum atomic E-state index is 12.1. The predicted octanol–water partition coefficient (Wildman–Crippen LogP) is 0.934. The van der Waals surface area contributed by atoms with Crippen molar-refractivity contribution in [1.82, 2.24) is 10.2 Å². The molecular weight excluding hydrogens is 204 g/mol. The first kappa shape index (κ1) is 12.7. The second kappa shape index (κ2) is 5.14. The minimum absolute atomic E-state index is 0.000648. The zero-order valence-corrected chi connectivity index (χ0v) is 10.2. The number of hydrogen-bond acceptors (Lipinski definition) is 2. The smallest absolute Gasteiger partial charge is 0.246 e. The molecule has 16 heavy (non-hydrogen) atoms. The number of piperazine rings is 1. The highest BCUT2D eigenvalue weighted by Crippen LogP contribution is 2.14. The van der Waals surface area contributed by atoms with Crippen LogP contribution in [0.1, 0.15) is 27.2 Å². The number of nitrogens with zero attached hydrogens (tertiary/aromatic N) is 1. The molecule has 4 nitrogen and oxygen atoms in total. The monoisotopic (exact) mass is 224 g/mol. The highest BCUT2D eigenvalue weighted by Gasteiger charge is 2.34. The van der Waals surface area contributed by atoms with Gasteiger partial charge >= 0.3 is 0 Å². The highest BCUT2D eigenvalue weighted by atomic mass is 16.2. The second-order valence-electron chi connectivity index (χ2n) is 4.69. The van der Waals surface area contributed by atoms with Crippen molar-refractivity contribution in [3.8, 4) is 0 Å². The summed E-state index contributed by atoms with van der Waals surface area (Å²) in [5.74, 6) is 0.299. The van der Waals surface area contributed by atoms with Crippen molar-refractivity contribution in [3.05, 3.63) is 12.7 Å². The summed E-state index contributed by atoms with van der Waals surface area (Å²) in [4.78, 5) is 25.1. The van der Waals surface area contributed by atoms with Gasteiger partial charge in [0.2, 0.25) is 11.8 Å². The number of nitrogens with one attached hydrogen (secondary N) is 1. The Bertz CT molecular complexity index is 299. The van der Waals surface area contributed by atoms with Crippen LogP contribution in [-0.4, -0.2) is 35.3 Å². The Hall–Kier alpha value is -1.32. The molecule has 1 heterocycles. The summed E-state index contributed by atoms with van der Waals surface area (Å²) < 4.78 is 0. The molecule has 0 radical (unpaired) electrons. The number of hydrogen-bond donors (Lipinski definition) is 1. The van der Waals surface area contributed by atoms with Crippen molar-refractivity contribution < 1.29 is 9.59 Å². The third-order valence-corrected chi connectivity index (χ3v) is 2.77. The minimum atomic E-state index is -0.372. The molecule has 0 aromatic carbocycles. The lowest BCUT2D eigenvalue weighted by Crippen LogP contribution is -2.60. The highest BCUT2D eigenvalue weighted by molar-refractivity contribution is 5.95. The van der Waals surface area contributed by atoms with Crippen LogP contribution in [0.2, 0.25) is 0 Å². The van der Waals surface area contributed by atoms with E-state index in [1.165, 1.54) is 0 Å². The number of carbonyl (C=O) groups excluding carboxylic acids is 2. The van der Waals surface area contributed by atoms with Crippen molar-refractivity contribution in [2.45, 2.75) is 39.3 Å². The van der Waals surface area contributed by atoms with Crippen LogP contribution < -0.4 is 5.32 Å². The third-order valence-electron chi connectivity index (χ3n) is 2.77. The standard InChI is InChI=1S/C12H20N2O2/c1-5-9(4)14-7-11(15)13-10(12(14)16)6-8(2)3/h5,8-10H,1,6-7H2,2-4H3,(H,13,15). The summed E-state index contributed by atoms with van der Waals surface area (Å²) in [5.41, 5.74) is 0. The van der Waals surface area contributed by atoms with Gasteiger partial charge in [-0.15, -0.1) is 6.58 Å². The molecule has 2 atom stereocenters. The van der Waals surface area contributed by atoms with Gasteiger partial charge in [0.1, 0.15) is 12.6 Å². The van der Waals surface area contributed by atoms with Crippen molar-refractivity contribution in [2.24, 2.45) is 5.92 Å². The van der Waals surface area contributed by atoms with Crippen LogP contribution in [0.5, 0.6) is 0 Å². The topological polar surface area (TPSA) is 49.4 Å². The quantitative estimate of drug-likeness (QED) is 0.722. The molecule has 0 bridgehead atoms. The molecule has 2 amide bonds. The van der Waals surface area contributed by atoms with Crippen LogP contribution in [-0.2, 0) is 9.59 Å². The zero-order valence-electron chi connectivity index (χ0n) is 10.2. The number of carbonyl (C=O) groups is 2. The van der Waals surface area contributed by atoms with Gasteiger partial charge in [-0.25, -0.2) is 0 Å². The normalized spacial score (nSPS) is 23.2. The van der Waals surface area contributed by atoms with Crippen molar-refractivity contribution in [3.63, 3.8) is 0 Å². The molecule has 0 spiro atoms. The van der Waals surface area contributed by atoms with Gasteiger partial charge in [-0.1, -0.05) is 19.9 Å². The Morgan fingerprint density at radius 1 is 1.50 bits per heavy atom. The maximum Gasteiger partial charge on any atom is 0.246 e. The first-order valence-electron chi connectivity index (χ1n) is 5.68. The minimum Gasteiger partial charge on any atom is -0.343 e. The molecule has 90 valence electrons. The van der Waals surface area contributed by atoms with E-state index in [-0.39, 0.29) is 30.4 Å². The van der Waals surface area contributed by atoms with E-state index in [2.05, 4.69) is 11.9 Å². The van der Waals surface area contributed by atoms with E-state index >= 15 is 0 Å². The predicted molar refractivity (Wildman–Crippen MR) is 62.8 cm³/mol. The van der Waals surface area contributed by atoms with Gasteiger partial charge in [-0.2, -0.15) is 0 Å². The lowest BCUT2D eigenvalue weighted by atomic mass is 10.00. The summed E-state index contributed by atoms with van der Waals surface area (Å²) in [6.07, 6.45) is 2.37. The van der Waals surface area contributed by atoms with Gasteiger partial charge < -0.3 is 10.2 Å². The fourth-order valence-electron chi connectivity index (χ4n) is 1.84. The molecule has 0 aromatic rings. The Labute approximate surface area is 96.7 Å². The average Bonchev–Trinajstić information content (AvgIpc) is 2.21. The van der Waals surface area contributed by atoms with E-state index in [0.717, 1.165) is 0 Å². The molecule has 4 heteroatoms. The summed E-state index contributed by atoms with van der Waals surface area (Å²) in [6, 6.07) is -0.461. The van der Waals surface area contributed by atoms with E-state index in [0.29, 0.717) is 12.3 Å². The van der Waals surface area contributed by atoms with Crippen LogP contribution in [0, 0.1) is 5.92 Å². The van der Waals surface area contributed by atoms with E-state index in [4.69, 9.17) is 0 Å². The molecule has 1 saturated heterocycles. The van der Waals surface area contributed by atoms with Gasteiger partial charge in [-0.3, -0.25) is 9.59 Å². The Balaban J connectivity index is 2.77. The molecule has 1 fully saturated rings. The van der Waals surface area contributed by atoms with Crippen LogP contribution in [0.4, 0.5) is 0 Å². The van der Waals surface area contributed by atoms with E-state index in [1.54, 1.807) is 11.0 Å². The lowest BCUT2D eigenvalue weighted by Gasteiger charge is -2.35. The van der Waals surface area contributed by atoms with E-state index in [1.807, 2.05) is 20.8 Å². The van der Waals surface area contributed by atoms with Crippen LogP contribution in [0.3, 0.4) is 0 Å². The van der Waals surface area contributed by atoms with Crippen molar-refractivity contribution >= 4 is 11.8 Å². The van der Waals surface area contributed by atoms with Crippen molar-refractivity contribution in [1.29, 1.82) is 0 Å². The van der Waals surface area contributed by atoms with Crippen LogP contribution >= 0.6 is 0 Å². The second-order valence-corrected chi connectivity index (χ2v) is 4.69. The first-order chi connectivity index (χ1) is 7.45. The van der Waals surface area contributed by atoms with E-state index in [9.17, 15) is 9.59 Å². The molecule has 1 N–H and O–H groups in total. The van der Waals surface area contributed by atoms with Crippen LogP contribution in [0.15, 0.2) is 12.7 Å². The third kappa shape index (κ3) is 2.84. The largest absolute Gasteiger partial charge is 0.343 e. The Kier molecular flexibility index (Phi) is 4.10. The summed E-state index contributed by atoms with van der Waals surface area (Å²) in [7, 11) is 0. The Morgan fingerprint density at radius 3 is 2.62 bits per heavy atom. The lowest BCUT2D eigenvalue weighted by molar-refractivity contribution is -0.145. The number of rotatable bonds is 4. The van der Waals surface area contributed by atoms with Gasteiger partial charge in [0, 0.05) is 6.04 Å². The SMILES string of the molecule is C=CC(C)N1CC(=O)NC(CC(C)C)C1=O. The number of amides is 2. The molecule has 1 aliphatic heterocycles. The molecule has 2 unspecified atom stereocenters. The Morgan fingerprint density at radius 2 is 2.12 bits per heavy atom. The average molecular weight is 224 g/mol. The summed E-state index contributed by atoms with van der Waals surface area (Å²) >= 11 is 0. The molecule has 1 aliphatic rings. The fourth-order valence-corrected chi connectivity index (χ4v) is 1.84. The van der Waals surface area contributed by atoms with Crippen molar-refractivity contribution in [2.75, 3.05) is 6.54 Å². The molecular formula is C12H20N2O2. The van der Waals surface area contributed by atoms with Gasteiger partial charge in [0.25, 0.3) is 0 Å². The molecule has 1 rings (SSSR count). The van der Waals surface area contributed by atoms with Gasteiger partial charge in [-0.05, 0) is 19.3 Å². The maximum absolute atomic E-state index is 12.1. The molecule has 0 aliphatic carbocycles. The zero-order chi connectivity index (χ0) is 12.3. The van der Waals surface area contributed by atoms with Gasteiger partial charge in [0.15, 0.2) is 0 Å². The first-order valence-corrected chi connectivity index (χ1v) is 5.68. The van der Waals surface area contributed by atoms with Gasteiger partial charge in [0.05, 0.1) is 0 Å². The summed E-state index contributed by atoms with van der Waals surface area (Å²) in [5, 5.41) is 2.74.